The Kier molecular flexibility index (Phi) is 4.34. The van der Waals surface area contributed by atoms with Gasteiger partial charge in [-0.1, -0.05) is 0 Å². The van der Waals surface area contributed by atoms with Crippen LogP contribution >= 0.6 is 0 Å². The summed E-state index contributed by atoms with van der Waals surface area (Å²) in [6.07, 6.45) is 3.40. The quantitative estimate of drug-likeness (QED) is 0.755. The largest absolute Gasteiger partial charge is 0.480 e. The third-order valence-corrected chi connectivity index (χ3v) is 2.46. The van der Waals surface area contributed by atoms with Crippen molar-refractivity contribution in [2.45, 2.75) is 33.4 Å². The molecule has 0 fully saturated rings. The average Bonchev–Trinajstić information content (AvgIpc) is 2.72. The van der Waals surface area contributed by atoms with E-state index in [9.17, 15) is 4.79 Å². The van der Waals surface area contributed by atoms with Crippen LogP contribution in [0.15, 0.2) is 12.4 Å². The normalized spacial score (nSPS) is 10.6. The van der Waals surface area contributed by atoms with Gasteiger partial charge in [-0.15, -0.1) is 0 Å². The zero-order valence-electron chi connectivity index (χ0n) is 10.3. The van der Waals surface area contributed by atoms with Crippen LogP contribution in [0, 0.1) is 0 Å². The minimum Gasteiger partial charge on any atom is -0.480 e. The van der Waals surface area contributed by atoms with Crippen LogP contribution in [0.1, 0.15) is 20.8 Å². The number of aromatic nitrogens is 2. The van der Waals surface area contributed by atoms with Gasteiger partial charge in [-0.05, 0) is 20.8 Å². The van der Waals surface area contributed by atoms with Crippen molar-refractivity contribution in [2.24, 2.45) is 0 Å². The summed E-state index contributed by atoms with van der Waals surface area (Å²) in [5.41, 5.74) is 0. The smallest absolute Gasteiger partial charge is 0.260 e. The predicted molar refractivity (Wildman–Crippen MR) is 61.3 cm³/mol. The van der Waals surface area contributed by atoms with Gasteiger partial charge in [-0.25, -0.2) is 0 Å². The van der Waals surface area contributed by atoms with Crippen LogP contribution in [-0.2, 0) is 11.3 Å². The SMILES string of the molecule is CCn1cc(OCC(=O)N(C)C(C)C)cn1. The van der Waals surface area contributed by atoms with Gasteiger partial charge in [0.05, 0.1) is 12.4 Å². The molecule has 0 saturated heterocycles. The molecule has 5 nitrogen and oxygen atoms in total. The van der Waals surface area contributed by atoms with E-state index in [1.807, 2.05) is 20.8 Å². The first-order chi connectivity index (χ1) is 7.54. The van der Waals surface area contributed by atoms with Crippen molar-refractivity contribution in [3.8, 4) is 5.75 Å². The standard InChI is InChI=1S/C11H19N3O2/c1-5-14-7-10(6-12-14)16-8-11(15)13(4)9(2)3/h6-7,9H,5,8H2,1-4H3. The van der Waals surface area contributed by atoms with Crippen LogP contribution in [0.2, 0.25) is 0 Å². The van der Waals surface area contributed by atoms with Gasteiger partial charge in [0.25, 0.3) is 5.91 Å². The number of carbonyl (C=O) groups is 1. The maximum Gasteiger partial charge on any atom is 0.260 e. The molecule has 0 radical (unpaired) electrons. The van der Waals surface area contributed by atoms with Gasteiger partial charge in [0.2, 0.25) is 0 Å². The van der Waals surface area contributed by atoms with Crippen molar-refractivity contribution < 1.29 is 9.53 Å². The maximum atomic E-state index is 11.6. The van der Waals surface area contributed by atoms with E-state index >= 15 is 0 Å². The van der Waals surface area contributed by atoms with Gasteiger partial charge in [-0.3, -0.25) is 9.48 Å². The number of hydrogen-bond donors (Lipinski definition) is 0. The van der Waals surface area contributed by atoms with Crippen molar-refractivity contribution in [3.63, 3.8) is 0 Å². The zero-order valence-corrected chi connectivity index (χ0v) is 10.3. The van der Waals surface area contributed by atoms with E-state index in [2.05, 4.69) is 5.10 Å². The Morgan fingerprint density at radius 3 is 2.81 bits per heavy atom. The fourth-order valence-electron chi connectivity index (χ4n) is 1.13. The second-order valence-corrected chi connectivity index (χ2v) is 3.92. The highest BCUT2D eigenvalue weighted by Crippen LogP contribution is 2.08. The molecule has 0 aromatic carbocycles. The summed E-state index contributed by atoms with van der Waals surface area (Å²) in [4.78, 5) is 13.3. The lowest BCUT2D eigenvalue weighted by Crippen LogP contribution is -2.36. The molecule has 1 aromatic rings. The van der Waals surface area contributed by atoms with Crippen molar-refractivity contribution >= 4 is 5.91 Å². The second kappa shape index (κ2) is 5.53. The Balaban J connectivity index is 2.42. The lowest BCUT2D eigenvalue weighted by atomic mass is 10.3. The van der Waals surface area contributed by atoms with Gasteiger partial charge in [0, 0.05) is 19.6 Å². The van der Waals surface area contributed by atoms with Crippen molar-refractivity contribution in [2.75, 3.05) is 13.7 Å². The molecule has 0 aliphatic rings. The van der Waals surface area contributed by atoms with E-state index < -0.39 is 0 Å². The zero-order chi connectivity index (χ0) is 12.1. The Labute approximate surface area is 96.0 Å². The molecule has 90 valence electrons. The van der Waals surface area contributed by atoms with Crippen LogP contribution in [0.25, 0.3) is 0 Å². The average molecular weight is 225 g/mol. The Morgan fingerprint density at radius 1 is 1.62 bits per heavy atom. The second-order valence-electron chi connectivity index (χ2n) is 3.92. The number of rotatable bonds is 5. The first-order valence-corrected chi connectivity index (χ1v) is 5.45. The lowest BCUT2D eigenvalue weighted by Gasteiger charge is -2.21. The monoisotopic (exact) mass is 225 g/mol. The summed E-state index contributed by atoms with van der Waals surface area (Å²) in [6, 6.07) is 0.189. The molecule has 0 aliphatic carbocycles. The third-order valence-electron chi connectivity index (χ3n) is 2.46. The van der Waals surface area contributed by atoms with E-state index in [-0.39, 0.29) is 18.6 Å². The van der Waals surface area contributed by atoms with Gasteiger partial charge in [0.1, 0.15) is 0 Å². The number of hydrogen-bond acceptors (Lipinski definition) is 3. The van der Waals surface area contributed by atoms with E-state index in [4.69, 9.17) is 4.74 Å². The molecule has 0 aliphatic heterocycles. The number of nitrogens with zero attached hydrogens (tertiary/aromatic N) is 3. The first kappa shape index (κ1) is 12.5. The van der Waals surface area contributed by atoms with Crippen LogP contribution in [-0.4, -0.2) is 40.3 Å². The van der Waals surface area contributed by atoms with E-state index in [0.29, 0.717) is 5.75 Å². The van der Waals surface area contributed by atoms with Crippen LogP contribution < -0.4 is 4.74 Å². The fraction of sp³-hybridized carbons (Fsp3) is 0.636. The summed E-state index contributed by atoms with van der Waals surface area (Å²) in [5.74, 6) is 0.603. The number of ether oxygens (including phenoxy) is 1. The first-order valence-electron chi connectivity index (χ1n) is 5.45. The Hall–Kier alpha value is -1.52. The molecular formula is C11H19N3O2. The number of carbonyl (C=O) groups excluding carboxylic acids is 1. The molecule has 5 heteroatoms. The molecule has 1 amide bonds. The maximum absolute atomic E-state index is 11.6. The summed E-state index contributed by atoms with van der Waals surface area (Å²) in [5, 5.41) is 4.06. The third kappa shape index (κ3) is 3.25. The molecule has 0 unspecified atom stereocenters. The predicted octanol–water partition coefficient (Wildman–Crippen LogP) is 1.15. The summed E-state index contributed by atoms with van der Waals surface area (Å²) < 4.78 is 7.10. The summed E-state index contributed by atoms with van der Waals surface area (Å²) >= 11 is 0. The highest BCUT2D eigenvalue weighted by Gasteiger charge is 2.12. The number of aryl methyl sites for hydroxylation is 1. The lowest BCUT2D eigenvalue weighted by molar-refractivity contribution is -0.133. The van der Waals surface area contributed by atoms with Crippen molar-refractivity contribution in [1.29, 1.82) is 0 Å². The molecule has 0 bridgehead atoms. The topological polar surface area (TPSA) is 47.4 Å². The molecule has 16 heavy (non-hydrogen) atoms. The van der Waals surface area contributed by atoms with Gasteiger partial charge in [0.15, 0.2) is 12.4 Å². The minimum absolute atomic E-state index is 0.0285. The summed E-state index contributed by atoms with van der Waals surface area (Å²) in [6.45, 7) is 6.78. The molecule has 0 spiro atoms. The van der Waals surface area contributed by atoms with Crippen LogP contribution in [0.5, 0.6) is 5.75 Å². The van der Waals surface area contributed by atoms with Gasteiger partial charge in [-0.2, -0.15) is 5.10 Å². The summed E-state index contributed by atoms with van der Waals surface area (Å²) in [7, 11) is 1.77. The highest BCUT2D eigenvalue weighted by molar-refractivity contribution is 5.77. The van der Waals surface area contributed by atoms with E-state index in [1.165, 1.54) is 0 Å². The van der Waals surface area contributed by atoms with E-state index in [1.54, 1.807) is 29.0 Å². The molecule has 0 atom stereocenters. The Morgan fingerprint density at radius 2 is 2.31 bits per heavy atom. The van der Waals surface area contributed by atoms with Crippen LogP contribution in [0.4, 0.5) is 0 Å². The molecule has 1 heterocycles. The van der Waals surface area contributed by atoms with Crippen molar-refractivity contribution in [1.82, 2.24) is 14.7 Å². The fourth-order valence-corrected chi connectivity index (χ4v) is 1.13. The molecule has 0 saturated carbocycles. The minimum atomic E-state index is -0.0285. The Bertz CT molecular complexity index is 347. The number of amides is 1. The van der Waals surface area contributed by atoms with Crippen molar-refractivity contribution in [3.05, 3.63) is 12.4 Å². The number of likely N-dealkylation sites (N-methyl/N-ethyl adjacent to an activating group) is 1. The van der Waals surface area contributed by atoms with Crippen LogP contribution in [0.3, 0.4) is 0 Å². The molecular weight excluding hydrogens is 206 g/mol. The highest BCUT2D eigenvalue weighted by atomic mass is 16.5. The molecule has 0 N–H and O–H groups in total. The van der Waals surface area contributed by atoms with E-state index in [0.717, 1.165) is 6.54 Å². The molecule has 1 rings (SSSR count). The van der Waals surface area contributed by atoms with Gasteiger partial charge >= 0.3 is 0 Å². The molecule has 1 aromatic heterocycles. The van der Waals surface area contributed by atoms with Gasteiger partial charge < -0.3 is 9.64 Å².